The summed E-state index contributed by atoms with van der Waals surface area (Å²) < 4.78 is 22.7. The Hall–Kier alpha value is -1.95. The first-order valence-corrected chi connectivity index (χ1v) is 5.82. The van der Waals surface area contributed by atoms with Crippen molar-refractivity contribution in [3.63, 3.8) is 0 Å². The molecule has 0 radical (unpaired) electrons. The predicted octanol–water partition coefficient (Wildman–Crippen LogP) is 1.73. The van der Waals surface area contributed by atoms with E-state index in [2.05, 4.69) is 5.32 Å². The van der Waals surface area contributed by atoms with E-state index in [9.17, 15) is 14.0 Å². The van der Waals surface area contributed by atoms with Crippen molar-refractivity contribution in [2.45, 2.75) is 12.8 Å². The Bertz CT molecular complexity index is 436. The first kappa shape index (κ1) is 15.1. The van der Waals surface area contributed by atoms with Crippen molar-refractivity contribution in [2.24, 2.45) is 0 Å². The van der Waals surface area contributed by atoms with Crippen LogP contribution in [0.2, 0.25) is 0 Å². The van der Waals surface area contributed by atoms with Crippen LogP contribution in [0.25, 0.3) is 0 Å². The number of anilines is 1. The van der Waals surface area contributed by atoms with Gasteiger partial charge in [0.15, 0.2) is 0 Å². The summed E-state index contributed by atoms with van der Waals surface area (Å²) in [7, 11) is 1.50. The number of ether oxygens (including phenoxy) is 2. The number of carbonyl (C=O) groups is 2. The van der Waals surface area contributed by atoms with Crippen molar-refractivity contribution in [3.05, 3.63) is 30.1 Å². The van der Waals surface area contributed by atoms with Crippen LogP contribution in [0.15, 0.2) is 24.3 Å². The maximum absolute atomic E-state index is 13.2. The number of methoxy groups -OCH3 is 1. The Morgan fingerprint density at radius 2 is 1.95 bits per heavy atom. The molecular weight excluding hydrogens is 253 g/mol. The van der Waals surface area contributed by atoms with Crippen LogP contribution in [0, 0.1) is 5.82 Å². The van der Waals surface area contributed by atoms with E-state index >= 15 is 0 Å². The molecule has 0 heterocycles. The number of rotatable bonds is 7. The van der Waals surface area contributed by atoms with Gasteiger partial charge in [-0.25, -0.2) is 4.39 Å². The van der Waals surface area contributed by atoms with Gasteiger partial charge < -0.3 is 14.8 Å². The molecule has 1 aromatic carbocycles. The van der Waals surface area contributed by atoms with Gasteiger partial charge >= 0.3 is 5.97 Å². The van der Waals surface area contributed by atoms with Crippen LogP contribution in [-0.2, 0) is 19.1 Å². The summed E-state index contributed by atoms with van der Waals surface area (Å²) in [5, 5.41) is 2.39. The number of para-hydroxylation sites is 1. The lowest BCUT2D eigenvalue weighted by molar-refractivity contribution is -0.145. The molecule has 0 spiro atoms. The molecule has 0 atom stereocenters. The standard InChI is InChI=1S/C13H16FNO4/c1-18-8-9-19-13(17)7-6-12(16)15-11-5-3-2-4-10(11)14/h2-5H,6-9H2,1H3,(H,15,16). The summed E-state index contributed by atoms with van der Waals surface area (Å²) in [6.07, 6.45) is -0.107. The van der Waals surface area contributed by atoms with Crippen LogP contribution in [-0.4, -0.2) is 32.2 Å². The summed E-state index contributed by atoms with van der Waals surface area (Å²) in [4.78, 5) is 22.7. The Morgan fingerprint density at radius 3 is 2.63 bits per heavy atom. The topological polar surface area (TPSA) is 64.6 Å². The highest BCUT2D eigenvalue weighted by atomic mass is 19.1. The normalized spacial score (nSPS) is 10.0. The van der Waals surface area contributed by atoms with E-state index in [-0.39, 0.29) is 25.1 Å². The number of hydrogen-bond donors (Lipinski definition) is 1. The van der Waals surface area contributed by atoms with Gasteiger partial charge in [0.1, 0.15) is 12.4 Å². The van der Waals surface area contributed by atoms with Crippen molar-refractivity contribution in [2.75, 3.05) is 25.6 Å². The number of nitrogens with one attached hydrogen (secondary N) is 1. The van der Waals surface area contributed by atoms with Gasteiger partial charge in [0.05, 0.1) is 18.7 Å². The van der Waals surface area contributed by atoms with Gasteiger partial charge in [0.2, 0.25) is 5.91 Å². The van der Waals surface area contributed by atoms with Crippen LogP contribution in [0.4, 0.5) is 10.1 Å². The second-order valence-electron chi connectivity index (χ2n) is 3.74. The van der Waals surface area contributed by atoms with Gasteiger partial charge in [-0.05, 0) is 12.1 Å². The molecule has 1 aromatic rings. The molecule has 1 amide bonds. The van der Waals surface area contributed by atoms with E-state index < -0.39 is 17.7 Å². The van der Waals surface area contributed by atoms with Gasteiger partial charge in [-0.2, -0.15) is 0 Å². The average Bonchev–Trinajstić information content (AvgIpc) is 2.39. The highest BCUT2D eigenvalue weighted by Crippen LogP contribution is 2.12. The van der Waals surface area contributed by atoms with Gasteiger partial charge in [0, 0.05) is 13.5 Å². The van der Waals surface area contributed by atoms with Crippen molar-refractivity contribution in [1.82, 2.24) is 0 Å². The van der Waals surface area contributed by atoms with Crippen molar-refractivity contribution in [3.8, 4) is 0 Å². The zero-order chi connectivity index (χ0) is 14.1. The van der Waals surface area contributed by atoms with Crippen LogP contribution < -0.4 is 5.32 Å². The number of amides is 1. The smallest absolute Gasteiger partial charge is 0.306 e. The second kappa shape index (κ2) is 8.20. The Kier molecular flexibility index (Phi) is 6.52. The molecule has 1 N–H and O–H groups in total. The van der Waals surface area contributed by atoms with E-state index in [4.69, 9.17) is 9.47 Å². The average molecular weight is 269 g/mol. The van der Waals surface area contributed by atoms with Crippen LogP contribution in [0.3, 0.4) is 0 Å². The molecule has 0 saturated heterocycles. The minimum absolute atomic E-state index is 0.0516. The molecule has 0 fully saturated rings. The maximum atomic E-state index is 13.2. The van der Waals surface area contributed by atoms with E-state index in [0.29, 0.717) is 6.61 Å². The quantitative estimate of drug-likeness (QED) is 0.605. The lowest BCUT2D eigenvalue weighted by atomic mass is 10.2. The SMILES string of the molecule is COCCOC(=O)CCC(=O)Nc1ccccc1F. The van der Waals surface area contributed by atoms with E-state index in [0.717, 1.165) is 0 Å². The summed E-state index contributed by atoms with van der Waals surface area (Å²) in [6, 6.07) is 5.83. The third-order valence-corrected chi connectivity index (χ3v) is 2.25. The first-order chi connectivity index (χ1) is 9.13. The zero-order valence-corrected chi connectivity index (χ0v) is 10.6. The van der Waals surface area contributed by atoms with Crippen LogP contribution in [0.5, 0.6) is 0 Å². The van der Waals surface area contributed by atoms with Crippen molar-refractivity contribution < 1.29 is 23.5 Å². The molecule has 104 valence electrons. The molecule has 5 nitrogen and oxygen atoms in total. The molecule has 0 aromatic heterocycles. The number of hydrogen-bond acceptors (Lipinski definition) is 4. The molecule has 0 bridgehead atoms. The number of halogens is 1. The van der Waals surface area contributed by atoms with E-state index in [1.807, 2.05) is 0 Å². The van der Waals surface area contributed by atoms with Gasteiger partial charge in [0.25, 0.3) is 0 Å². The lowest BCUT2D eigenvalue weighted by Crippen LogP contribution is -2.16. The molecule has 0 aliphatic rings. The first-order valence-electron chi connectivity index (χ1n) is 5.82. The largest absolute Gasteiger partial charge is 0.463 e. The van der Waals surface area contributed by atoms with Crippen molar-refractivity contribution in [1.29, 1.82) is 0 Å². The molecule has 0 saturated carbocycles. The lowest BCUT2D eigenvalue weighted by Gasteiger charge is -2.06. The van der Waals surface area contributed by atoms with Crippen LogP contribution in [0.1, 0.15) is 12.8 Å². The van der Waals surface area contributed by atoms with E-state index in [1.165, 1.54) is 25.3 Å². The fourth-order valence-electron chi connectivity index (χ4n) is 1.30. The fraction of sp³-hybridized carbons (Fsp3) is 0.385. The summed E-state index contributed by atoms with van der Waals surface area (Å²) >= 11 is 0. The second-order valence-corrected chi connectivity index (χ2v) is 3.74. The monoisotopic (exact) mass is 269 g/mol. The number of carbonyl (C=O) groups excluding carboxylic acids is 2. The fourth-order valence-corrected chi connectivity index (χ4v) is 1.30. The molecular formula is C13H16FNO4. The van der Waals surface area contributed by atoms with Crippen molar-refractivity contribution >= 4 is 17.6 Å². The van der Waals surface area contributed by atoms with Crippen LogP contribution >= 0.6 is 0 Å². The Morgan fingerprint density at radius 1 is 1.21 bits per heavy atom. The highest BCUT2D eigenvalue weighted by molar-refractivity contribution is 5.92. The summed E-state index contributed by atoms with van der Waals surface area (Å²) in [5.41, 5.74) is 0.0975. The molecule has 0 aliphatic carbocycles. The minimum atomic E-state index is -0.515. The van der Waals surface area contributed by atoms with Gasteiger partial charge in [-0.1, -0.05) is 12.1 Å². The summed E-state index contributed by atoms with van der Waals surface area (Å²) in [5.74, 6) is -1.44. The molecule has 19 heavy (non-hydrogen) atoms. The third-order valence-electron chi connectivity index (χ3n) is 2.25. The number of esters is 1. The predicted molar refractivity (Wildman–Crippen MR) is 67.1 cm³/mol. The maximum Gasteiger partial charge on any atom is 0.306 e. The Balaban J connectivity index is 2.28. The minimum Gasteiger partial charge on any atom is -0.463 e. The summed E-state index contributed by atoms with van der Waals surface area (Å²) in [6.45, 7) is 0.470. The van der Waals surface area contributed by atoms with Gasteiger partial charge in [-0.3, -0.25) is 9.59 Å². The molecule has 6 heteroatoms. The molecule has 1 rings (SSSR count). The third kappa shape index (κ3) is 5.96. The number of benzene rings is 1. The Labute approximate surface area is 110 Å². The van der Waals surface area contributed by atoms with Gasteiger partial charge in [-0.15, -0.1) is 0 Å². The highest BCUT2D eigenvalue weighted by Gasteiger charge is 2.09. The zero-order valence-electron chi connectivity index (χ0n) is 10.6. The molecule has 0 aliphatic heterocycles. The van der Waals surface area contributed by atoms with E-state index in [1.54, 1.807) is 6.07 Å². The molecule has 0 unspecified atom stereocenters.